The lowest BCUT2D eigenvalue weighted by Gasteiger charge is -2.44. The number of halogens is 2. The predicted octanol–water partition coefficient (Wildman–Crippen LogP) is 4.60. The number of aromatic nitrogens is 2. The van der Waals surface area contributed by atoms with Gasteiger partial charge in [0.1, 0.15) is 11.6 Å². The quantitative estimate of drug-likeness (QED) is 0.481. The third kappa shape index (κ3) is 5.78. The molecule has 10 heteroatoms. The molecule has 0 bridgehead atoms. The SMILES string of the molecule is CCc1cc(C(=O)Nc2cc(-c3cnc(N4CCOCC4)nc3)c(F)cc2N2C[C@@H](C)N(C)[C@@H](C)C2)ccc1F. The Labute approximate surface area is 234 Å². The van der Waals surface area contributed by atoms with Crippen LogP contribution < -0.4 is 15.1 Å². The van der Waals surface area contributed by atoms with Crippen LogP contribution in [-0.2, 0) is 11.2 Å². The van der Waals surface area contributed by atoms with E-state index in [1.54, 1.807) is 24.5 Å². The van der Waals surface area contributed by atoms with Crippen molar-refractivity contribution in [3.8, 4) is 11.1 Å². The van der Waals surface area contributed by atoms with Crippen molar-refractivity contribution in [2.75, 3.05) is 61.6 Å². The molecule has 3 aromatic rings. The zero-order valence-electron chi connectivity index (χ0n) is 23.5. The molecule has 2 aromatic carbocycles. The fourth-order valence-corrected chi connectivity index (χ4v) is 5.32. The van der Waals surface area contributed by atoms with Gasteiger partial charge in [-0.05, 0) is 63.2 Å². The summed E-state index contributed by atoms with van der Waals surface area (Å²) in [4.78, 5) is 28.8. The number of morpholine rings is 1. The standard InChI is InChI=1S/C30H36F2N6O2/c1-5-21-12-22(6-7-25(21)31)29(39)35-27-13-24(23-15-33-30(34-16-23)37-8-10-40-11-9-37)26(32)14-28(27)38-17-19(2)36(4)20(3)18-38/h6-7,12-16,19-20H,5,8-11,17-18H2,1-4H3,(H,35,39)/t19-,20+. The van der Waals surface area contributed by atoms with Crippen LogP contribution in [0.2, 0.25) is 0 Å². The van der Waals surface area contributed by atoms with Crippen LogP contribution in [0.4, 0.5) is 26.1 Å². The summed E-state index contributed by atoms with van der Waals surface area (Å²) in [7, 11) is 2.08. The highest BCUT2D eigenvalue weighted by Gasteiger charge is 2.29. The van der Waals surface area contributed by atoms with Gasteiger partial charge in [-0.3, -0.25) is 9.69 Å². The van der Waals surface area contributed by atoms with E-state index < -0.39 is 5.82 Å². The number of piperazine rings is 1. The lowest BCUT2D eigenvalue weighted by atomic mass is 10.0. The number of carbonyl (C=O) groups is 1. The molecule has 212 valence electrons. The number of anilines is 3. The number of rotatable bonds is 6. The molecular weight excluding hydrogens is 514 g/mol. The van der Waals surface area contributed by atoms with Crippen LogP contribution >= 0.6 is 0 Å². The van der Waals surface area contributed by atoms with Crippen molar-refractivity contribution in [2.24, 2.45) is 0 Å². The van der Waals surface area contributed by atoms with Crippen LogP contribution in [0.1, 0.15) is 36.7 Å². The summed E-state index contributed by atoms with van der Waals surface area (Å²) in [5, 5.41) is 2.99. The van der Waals surface area contributed by atoms with E-state index in [-0.39, 0.29) is 29.4 Å². The maximum absolute atomic E-state index is 15.7. The maximum Gasteiger partial charge on any atom is 0.255 e. The number of aryl methyl sites for hydroxylation is 1. The molecule has 2 saturated heterocycles. The first-order chi connectivity index (χ1) is 19.2. The summed E-state index contributed by atoms with van der Waals surface area (Å²) >= 11 is 0. The van der Waals surface area contributed by atoms with Gasteiger partial charge < -0.3 is 19.9 Å². The van der Waals surface area contributed by atoms with Crippen LogP contribution in [0, 0.1) is 11.6 Å². The molecule has 1 amide bonds. The van der Waals surface area contributed by atoms with Crippen LogP contribution in [0.15, 0.2) is 42.7 Å². The van der Waals surface area contributed by atoms with Gasteiger partial charge in [-0.15, -0.1) is 0 Å². The van der Waals surface area contributed by atoms with Crippen LogP contribution in [0.3, 0.4) is 0 Å². The largest absolute Gasteiger partial charge is 0.378 e. The number of ether oxygens (including phenoxy) is 1. The van der Waals surface area contributed by atoms with Gasteiger partial charge in [0.2, 0.25) is 5.95 Å². The summed E-state index contributed by atoms with van der Waals surface area (Å²) in [6.45, 7) is 10.1. The molecule has 8 nitrogen and oxygen atoms in total. The van der Waals surface area contributed by atoms with Gasteiger partial charge >= 0.3 is 0 Å². The molecule has 0 spiro atoms. The lowest BCUT2D eigenvalue weighted by molar-refractivity contribution is 0.102. The molecule has 0 radical (unpaired) electrons. The number of hydrogen-bond donors (Lipinski definition) is 1. The first-order valence-corrected chi connectivity index (χ1v) is 13.8. The third-order valence-electron chi connectivity index (χ3n) is 7.97. The minimum absolute atomic E-state index is 0.236. The molecule has 0 aliphatic carbocycles. The van der Waals surface area contributed by atoms with E-state index >= 15 is 4.39 Å². The van der Waals surface area contributed by atoms with Crippen molar-refractivity contribution in [1.29, 1.82) is 0 Å². The van der Waals surface area contributed by atoms with Crippen molar-refractivity contribution < 1.29 is 18.3 Å². The monoisotopic (exact) mass is 550 g/mol. The van der Waals surface area contributed by atoms with Crippen molar-refractivity contribution >= 4 is 23.2 Å². The zero-order valence-corrected chi connectivity index (χ0v) is 23.5. The van der Waals surface area contributed by atoms with Gasteiger partial charge in [0.15, 0.2) is 0 Å². The summed E-state index contributed by atoms with van der Waals surface area (Å²) in [5.41, 5.74) is 2.68. The Hall–Kier alpha value is -3.63. The van der Waals surface area contributed by atoms with Crippen molar-refractivity contribution in [1.82, 2.24) is 14.9 Å². The molecule has 40 heavy (non-hydrogen) atoms. The molecular formula is C30H36F2N6O2. The smallest absolute Gasteiger partial charge is 0.255 e. The third-order valence-corrected chi connectivity index (χ3v) is 7.97. The fraction of sp³-hybridized carbons (Fsp3) is 0.433. The average molecular weight is 551 g/mol. The van der Waals surface area contributed by atoms with E-state index in [1.807, 2.05) is 11.8 Å². The van der Waals surface area contributed by atoms with E-state index in [9.17, 15) is 9.18 Å². The van der Waals surface area contributed by atoms with E-state index in [0.717, 1.165) is 0 Å². The topological polar surface area (TPSA) is 73.8 Å². The molecule has 1 N–H and O–H groups in total. The Morgan fingerprint density at radius 3 is 2.33 bits per heavy atom. The van der Waals surface area contributed by atoms with E-state index in [4.69, 9.17) is 4.74 Å². The first kappa shape index (κ1) is 27.9. The number of hydrogen-bond acceptors (Lipinski definition) is 7. The summed E-state index contributed by atoms with van der Waals surface area (Å²) in [6, 6.07) is 7.93. The second-order valence-electron chi connectivity index (χ2n) is 10.6. The van der Waals surface area contributed by atoms with Gasteiger partial charge in [-0.25, -0.2) is 18.7 Å². The molecule has 2 fully saturated rings. The summed E-state index contributed by atoms with van der Waals surface area (Å²) < 4.78 is 35.2. The van der Waals surface area contributed by atoms with E-state index in [0.29, 0.717) is 79.8 Å². The zero-order chi connectivity index (χ0) is 28.4. The minimum atomic E-state index is -0.426. The van der Waals surface area contributed by atoms with Crippen molar-refractivity contribution in [2.45, 2.75) is 39.3 Å². The highest BCUT2D eigenvalue weighted by atomic mass is 19.1. The Morgan fingerprint density at radius 2 is 1.68 bits per heavy atom. The second-order valence-corrected chi connectivity index (χ2v) is 10.6. The Bertz CT molecular complexity index is 1350. The molecule has 2 aliphatic heterocycles. The maximum atomic E-state index is 15.7. The van der Waals surface area contributed by atoms with Crippen molar-refractivity contribution in [3.05, 3.63) is 65.5 Å². The van der Waals surface area contributed by atoms with E-state index in [1.165, 1.54) is 18.2 Å². The Balaban J connectivity index is 1.51. The van der Waals surface area contributed by atoms with Gasteiger partial charge in [-0.1, -0.05) is 6.92 Å². The second kappa shape index (κ2) is 11.9. The highest BCUT2D eigenvalue weighted by molar-refractivity contribution is 6.06. The number of nitrogens with zero attached hydrogens (tertiary/aromatic N) is 5. The first-order valence-electron chi connectivity index (χ1n) is 13.8. The number of nitrogens with one attached hydrogen (secondary N) is 1. The van der Waals surface area contributed by atoms with E-state index in [2.05, 4.69) is 46.0 Å². The number of likely N-dealkylation sites (N-methyl/N-ethyl adjacent to an activating group) is 1. The molecule has 0 unspecified atom stereocenters. The summed E-state index contributed by atoms with van der Waals surface area (Å²) in [5.74, 6) is -0.585. The lowest BCUT2D eigenvalue weighted by Crippen LogP contribution is -2.55. The van der Waals surface area contributed by atoms with Gasteiger partial charge in [0.25, 0.3) is 5.91 Å². The number of carbonyl (C=O) groups excluding carboxylic acids is 1. The predicted molar refractivity (Wildman–Crippen MR) is 153 cm³/mol. The molecule has 5 rings (SSSR count). The fourth-order valence-electron chi connectivity index (χ4n) is 5.32. The Morgan fingerprint density at radius 1 is 1.00 bits per heavy atom. The van der Waals surface area contributed by atoms with Crippen LogP contribution in [0.5, 0.6) is 0 Å². The molecule has 2 aliphatic rings. The molecule has 3 heterocycles. The number of benzene rings is 2. The van der Waals surface area contributed by atoms with Gasteiger partial charge in [-0.2, -0.15) is 0 Å². The molecule has 1 aromatic heterocycles. The number of amides is 1. The summed E-state index contributed by atoms with van der Waals surface area (Å²) in [6.07, 6.45) is 3.68. The van der Waals surface area contributed by atoms with Crippen LogP contribution in [-0.4, -0.2) is 79.3 Å². The van der Waals surface area contributed by atoms with Crippen LogP contribution in [0.25, 0.3) is 11.1 Å². The average Bonchev–Trinajstić information content (AvgIpc) is 2.97. The highest BCUT2D eigenvalue weighted by Crippen LogP contribution is 2.36. The Kier molecular flexibility index (Phi) is 8.27. The van der Waals surface area contributed by atoms with Crippen molar-refractivity contribution in [3.63, 3.8) is 0 Å². The van der Waals surface area contributed by atoms with Gasteiger partial charge in [0, 0.05) is 67.3 Å². The minimum Gasteiger partial charge on any atom is -0.378 e. The normalized spacial score (nSPS) is 20.1. The molecule has 0 saturated carbocycles. The molecule has 2 atom stereocenters. The van der Waals surface area contributed by atoms with Gasteiger partial charge in [0.05, 0.1) is 24.6 Å².